The molecule has 0 unspecified atom stereocenters. The van der Waals surface area contributed by atoms with E-state index in [9.17, 15) is 15.0 Å². The predicted molar refractivity (Wildman–Crippen MR) is 70.8 cm³/mol. The summed E-state index contributed by atoms with van der Waals surface area (Å²) in [7, 11) is 0. The van der Waals surface area contributed by atoms with Crippen LogP contribution in [0.3, 0.4) is 0 Å². The average molecular weight is 252 g/mol. The van der Waals surface area contributed by atoms with Crippen LogP contribution in [0.25, 0.3) is 0 Å². The Kier molecular flexibility index (Phi) is 4.19. The van der Waals surface area contributed by atoms with Crippen LogP contribution in [-0.4, -0.2) is 22.7 Å². The molecular weight excluding hydrogens is 232 g/mol. The second-order valence-electron chi connectivity index (χ2n) is 5.19. The number of anilines is 1. The van der Waals surface area contributed by atoms with Crippen LogP contribution in [0, 0.1) is 0 Å². The number of carbonyl (C=O) groups is 1. The molecule has 1 rings (SSSR count). The Labute approximate surface area is 107 Å². The molecule has 5 heteroatoms. The zero-order valence-electron chi connectivity index (χ0n) is 10.9. The Bertz CT molecular complexity index is 450. The standard InChI is InChI=1S/C13H20N2O3/c1-13(2,3)8-4-5-9(16)11(12(8)18)15-10(17)6-7-14/h4-5,16,18H,6-7,14H2,1-3H3,(H,15,17). The van der Waals surface area contributed by atoms with E-state index in [-0.39, 0.29) is 41.5 Å². The maximum absolute atomic E-state index is 11.5. The third kappa shape index (κ3) is 3.13. The maximum Gasteiger partial charge on any atom is 0.225 e. The van der Waals surface area contributed by atoms with Crippen molar-refractivity contribution in [3.05, 3.63) is 17.7 Å². The van der Waals surface area contributed by atoms with E-state index in [1.54, 1.807) is 6.07 Å². The van der Waals surface area contributed by atoms with E-state index in [0.29, 0.717) is 5.56 Å². The van der Waals surface area contributed by atoms with Gasteiger partial charge >= 0.3 is 0 Å². The third-order valence-electron chi connectivity index (χ3n) is 2.60. The number of amides is 1. The van der Waals surface area contributed by atoms with Crippen molar-refractivity contribution in [3.8, 4) is 11.5 Å². The molecule has 0 aliphatic heterocycles. The molecule has 0 bridgehead atoms. The van der Waals surface area contributed by atoms with E-state index in [2.05, 4.69) is 5.32 Å². The van der Waals surface area contributed by atoms with Gasteiger partial charge in [0, 0.05) is 18.5 Å². The van der Waals surface area contributed by atoms with Gasteiger partial charge in [-0.05, 0) is 11.5 Å². The molecule has 0 fully saturated rings. The molecule has 0 heterocycles. The smallest absolute Gasteiger partial charge is 0.225 e. The largest absolute Gasteiger partial charge is 0.506 e. The quantitative estimate of drug-likeness (QED) is 0.615. The first kappa shape index (κ1) is 14.3. The average Bonchev–Trinajstić information content (AvgIpc) is 2.22. The Morgan fingerprint density at radius 3 is 2.44 bits per heavy atom. The molecule has 1 amide bonds. The number of nitrogens with two attached hydrogens (primary N) is 1. The summed E-state index contributed by atoms with van der Waals surface area (Å²) in [6.07, 6.45) is 0.138. The molecule has 0 aliphatic rings. The summed E-state index contributed by atoms with van der Waals surface area (Å²) >= 11 is 0. The van der Waals surface area contributed by atoms with E-state index < -0.39 is 0 Å². The lowest BCUT2D eigenvalue weighted by Crippen LogP contribution is -2.18. The molecule has 0 radical (unpaired) electrons. The van der Waals surface area contributed by atoms with Crippen LogP contribution in [0.1, 0.15) is 32.8 Å². The molecule has 1 aromatic carbocycles. The molecule has 100 valence electrons. The fourth-order valence-corrected chi connectivity index (χ4v) is 1.64. The minimum absolute atomic E-state index is 0.0425. The van der Waals surface area contributed by atoms with Gasteiger partial charge in [0.25, 0.3) is 0 Å². The number of phenols is 2. The van der Waals surface area contributed by atoms with Crippen molar-refractivity contribution in [2.24, 2.45) is 5.73 Å². The summed E-state index contributed by atoms with van der Waals surface area (Å²) in [6, 6.07) is 3.10. The maximum atomic E-state index is 11.5. The van der Waals surface area contributed by atoms with Crippen LogP contribution in [0.4, 0.5) is 5.69 Å². The lowest BCUT2D eigenvalue weighted by Gasteiger charge is -2.22. The molecular formula is C13H20N2O3. The van der Waals surface area contributed by atoms with E-state index in [1.165, 1.54) is 6.07 Å². The molecule has 5 nitrogen and oxygen atoms in total. The first-order chi connectivity index (χ1) is 8.27. The zero-order valence-corrected chi connectivity index (χ0v) is 10.9. The van der Waals surface area contributed by atoms with Gasteiger partial charge in [-0.1, -0.05) is 26.8 Å². The Morgan fingerprint density at radius 2 is 1.94 bits per heavy atom. The first-order valence-electron chi connectivity index (χ1n) is 5.82. The number of nitrogens with one attached hydrogen (secondary N) is 1. The third-order valence-corrected chi connectivity index (χ3v) is 2.60. The van der Waals surface area contributed by atoms with E-state index in [0.717, 1.165) is 0 Å². The SMILES string of the molecule is CC(C)(C)c1ccc(O)c(NC(=O)CCN)c1O. The summed E-state index contributed by atoms with van der Waals surface area (Å²) in [4.78, 5) is 11.5. The molecule has 1 aromatic rings. The fraction of sp³-hybridized carbons (Fsp3) is 0.462. The van der Waals surface area contributed by atoms with Gasteiger partial charge < -0.3 is 21.3 Å². The second-order valence-corrected chi connectivity index (χ2v) is 5.19. The normalized spacial score (nSPS) is 11.3. The van der Waals surface area contributed by atoms with Crippen LogP contribution in [0.5, 0.6) is 11.5 Å². The molecule has 0 aromatic heterocycles. The number of carbonyl (C=O) groups excluding carboxylic acids is 1. The molecule has 0 saturated heterocycles. The highest BCUT2D eigenvalue weighted by atomic mass is 16.3. The number of rotatable bonds is 3. The monoisotopic (exact) mass is 252 g/mol. The van der Waals surface area contributed by atoms with Gasteiger partial charge in [-0.25, -0.2) is 0 Å². The highest BCUT2D eigenvalue weighted by molar-refractivity contribution is 5.94. The van der Waals surface area contributed by atoms with Gasteiger partial charge in [-0.2, -0.15) is 0 Å². The van der Waals surface area contributed by atoms with Crippen molar-refractivity contribution in [2.75, 3.05) is 11.9 Å². The Balaban J connectivity index is 3.15. The Hall–Kier alpha value is -1.75. The van der Waals surface area contributed by atoms with Crippen molar-refractivity contribution < 1.29 is 15.0 Å². The molecule has 0 spiro atoms. The fourth-order valence-electron chi connectivity index (χ4n) is 1.64. The van der Waals surface area contributed by atoms with Gasteiger partial charge in [0.05, 0.1) is 0 Å². The molecule has 5 N–H and O–H groups in total. The number of phenolic OH excluding ortho intramolecular Hbond substituents is 2. The van der Waals surface area contributed by atoms with Crippen molar-refractivity contribution in [1.29, 1.82) is 0 Å². The predicted octanol–water partition coefficient (Wildman–Crippen LogP) is 1.68. The number of aromatic hydroxyl groups is 2. The van der Waals surface area contributed by atoms with Crippen molar-refractivity contribution in [2.45, 2.75) is 32.6 Å². The van der Waals surface area contributed by atoms with Crippen LogP contribution in [0.15, 0.2) is 12.1 Å². The summed E-state index contributed by atoms with van der Waals surface area (Å²) in [5.74, 6) is -0.604. The van der Waals surface area contributed by atoms with Crippen molar-refractivity contribution in [1.82, 2.24) is 0 Å². The van der Waals surface area contributed by atoms with Gasteiger partial charge in [-0.15, -0.1) is 0 Å². The van der Waals surface area contributed by atoms with Gasteiger partial charge in [0.1, 0.15) is 17.2 Å². The zero-order chi connectivity index (χ0) is 13.9. The lowest BCUT2D eigenvalue weighted by atomic mass is 9.86. The molecule has 18 heavy (non-hydrogen) atoms. The van der Waals surface area contributed by atoms with Gasteiger partial charge in [-0.3, -0.25) is 4.79 Å². The van der Waals surface area contributed by atoms with Gasteiger partial charge in [0.2, 0.25) is 5.91 Å². The van der Waals surface area contributed by atoms with Crippen LogP contribution in [-0.2, 0) is 10.2 Å². The topological polar surface area (TPSA) is 95.6 Å². The van der Waals surface area contributed by atoms with Crippen molar-refractivity contribution in [3.63, 3.8) is 0 Å². The lowest BCUT2D eigenvalue weighted by molar-refractivity contribution is -0.116. The molecule has 0 aliphatic carbocycles. The van der Waals surface area contributed by atoms with Crippen LogP contribution >= 0.6 is 0 Å². The minimum Gasteiger partial charge on any atom is -0.506 e. The van der Waals surface area contributed by atoms with Gasteiger partial charge in [0.15, 0.2) is 0 Å². The van der Waals surface area contributed by atoms with E-state index >= 15 is 0 Å². The summed E-state index contributed by atoms with van der Waals surface area (Å²) < 4.78 is 0. The number of hydrogen-bond donors (Lipinski definition) is 4. The molecule has 0 saturated carbocycles. The number of hydrogen-bond acceptors (Lipinski definition) is 4. The highest BCUT2D eigenvalue weighted by Crippen LogP contribution is 2.41. The summed E-state index contributed by atoms with van der Waals surface area (Å²) in [5.41, 5.74) is 5.68. The van der Waals surface area contributed by atoms with Crippen LogP contribution in [0.2, 0.25) is 0 Å². The van der Waals surface area contributed by atoms with Crippen molar-refractivity contribution >= 4 is 11.6 Å². The second kappa shape index (κ2) is 5.27. The van der Waals surface area contributed by atoms with E-state index in [1.807, 2.05) is 20.8 Å². The Morgan fingerprint density at radius 1 is 1.33 bits per heavy atom. The first-order valence-corrected chi connectivity index (χ1v) is 5.82. The van der Waals surface area contributed by atoms with Crippen LogP contribution < -0.4 is 11.1 Å². The molecule has 0 atom stereocenters. The number of benzene rings is 1. The highest BCUT2D eigenvalue weighted by Gasteiger charge is 2.22. The summed E-state index contributed by atoms with van der Waals surface area (Å²) in [6.45, 7) is 6.02. The van der Waals surface area contributed by atoms with E-state index in [4.69, 9.17) is 5.73 Å². The minimum atomic E-state index is -0.339. The summed E-state index contributed by atoms with van der Waals surface area (Å²) in [5, 5.41) is 22.3.